The summed E-state index contributed by atoms with van der Waals surface area (Å²) in [5.74, 6) is -0.942. The number of methoxy groups -OCH3 is 1. The molecule has 1 amide bonds. The molecule has 1 aromatic heterocycles. The van der Waals surface area contributed by atoms with Crippen molar-refractivity contribution in [2.24, 2.45) is 0 Å². The van der Waals surface area contributed by atoms with Crippen molar-refractivity contribution in [1.82, 2.24) is 4.98 Å². The van der Waals surface area contributed by atoms with Gasteiger partial charge in [0.1, 0.15) is 5.15 Å². The standard InChI is InChI=1S/C14H10Cl2N2O3/c1-21-14(20)8-3-2-4-9(5-8)18-13(19)10-6-12(16)17-7-11(10)15/h2-7H,1H3,(H,18,19). The number of anilines is 1. The van der Waals surface area contributed by atoms with E-state index in [0.29, 0.717) is 11.3 Å². The van der Waals surface area contributed by atoms with Crippen molar-refractivity contribution in [2.75, 3.05) is 12.4 Å². The van der Waals surface area contributed by atoms with E-state index in [-0.39, 0.29) is 15.7 Å². The highest BCUT2D eigenvalue weighted by Crippen LogP contribution is 2.20. The molecule has 108 valence electrons. The summed E-state index contributed by atoms with van der Waals surface area (Å²) in [6.45, 7) is 0. The van der Waals surface area contributed by atoms with Gasteiger partial charge in [0.05, 0.1) is 23.3 Å². The fraction of sp³-hybridized carbons (Fsp3) is 0.0714. The van der Waals surface area contributed by atoms with E-state index in [1.54, 1.807) is 18.2 Å². The number of ether oxygens (including phenoxy) is 1. The van der Waals surface area contributed by atoms with Crippen molar-refractivity contribution < 1.29 is 14.3 Å². The van der Waals surface area contributed by atoms with Crippen LogP contribution in [0, 0.1) is 0 Å². The Kier molecular flexibility index (Phi) is 4.77. The third-order valence-electron chi connectivity index (χ3n) is 2.61. The molecule has 0 atom stereocenters. The number of benzene rings is 1. The monoisotopic (exact) mass is 324 g/mol. The van der Waals surface area contributed by atoms with Gasteiger partial charge in [-0.1, -0.05) is 29.3 Å². The Bertz CT molecular complexity index is 704. The second-order valence-corrected chi connectivity index (χ2v) is 4.81. The molecule has 1 N–H and O–H groups in total. The Morgan fingerprint density at radius 1 is 1.24 bits per heavy atom. The minimum atomic E-state index is -0.490. The van der Waals surface area contributed by atoms with Crippen LogP contribution in [-0.4, -0.2) is 24.0 Å². The maximum atomic E-state index is 12.1. The van der Waals surface area contributed by atoms with Gasteiger partial charge in [-0.05, 0) is 24.3 Å². The number of carbonyl (C=O) groups is 2. The summed E-state index contributed by atoms with van der Waals surface area (Å²) in [6.07, 6.45) is 1.30. The summed E-state index contributed by atoms with van der Waals surface area (Å²) in [6, 6.07) is 7.71. The molecular formula is C14H10Cl2N2O3. The molecule has 0 saturated heterocycles. The molecule has 21 heavy (non-hydrogen) atoms. The number of esters is 1. The highest BCUT2D eigenvalue weighted by atomic mass is 35.5. The lowest BCUT2D eigenvalue weighted by atomic mass is 10.2. The molecule has 0 aliphatic carbocycles. The molecule has 0 spiro atoms. The second kappa shape index (κ2) is 6.56. The predicted octanol–water partition coefficient (Wildman–Crippen LogP) is 3.43. The van der Waals surface area contributed by atoms with Crippen LogP contribution >= 0.6 is 23.2 Å². The van der Waals surface area contributed by atoms with E-state index in [1.165, 1.54) is 25.4 Å². The lowest BCUT2D eigenvalue weighted by molar-refractivity contribution is 0.0600. The largest absolute Gasteiger partial charge is 0.465 e. The van der Waals surface area contributed by atoms with Gasteiger partial charge in [0.25, 0.3) is 5.91 Å². The van der Waals surface area contributed by atoms with Crippen molar-refractivity contribution in [3.8, 4) is 0 Å². The van der Waals surface area contributed by atoms with Crippen molar-refractivity contribution in [1.29, 1.82) is 0 Å². The molecule has 1 aromatic carbocycles. The van der Waals surface area contributed by atoms with E-state index in [0.717, 1.165) is 0 Å². The van der Waals surface area contributed by atoms with E-state index < -0.39 is 11.9 Å². The Morgan fingerprint density at radius 2 is 2.00 bits per heavy atom. The van der Waals surface area contributed by atoms with Gasteiger partial charge in [-0.2, -0.15) is 0 Å². The van der Waals surface area contributed by atoms with Crippen LogP contribution < -0.4 is 5.32 Å². The first kappa shape index (κ1) is 15.3. The third-order valence-corrected chi connectivity index (χ3v) is 3.12. The van der Waals surface area contributed by atoms with E-state index in [2.05, 4.69) is 15.0 Å². The number of halogens is 2. The fourth-order valence-corrected chi connectivity index (χ4v) is 1.97. The topological polar surface area (TPSA) is 68.3 Å². The minimum absolute atomic E-state index is 0.160. The molecule has 1 heterocycles. The molecule has 0 aliphatic heterocycles. The molecule has 7 heteroatoms. The van der Waals surface area contributed by atoms with Gasteiger partial charge >= 0.3 is 5.97 Å². The van der Waals surface area contributed by atoms with E-state index in [4.69, 9.17) is 23.2 Å². The summed E-state index contributed by atoms with van der Waals surface area (Å²) in [4.78, 5) is 27.3. The summed E-state index contributed by atoms with van der Waals surface area (Å²) in [7, 11) is 1.28. The van der Waals surface area contributed by atoms with Gasteiger partial charge in [-0.3, -0.25) is 4.79 Å². The number of hydrogen-bond acceptors (Lipinski definition) is 4. The molecule has 0 aliphatic rings. The van der Waals surface area contributed by atoms with Gasteiger partial charge in [0.15, 0.2) is 0 Å². The number of pyridine rings is 1. The Balaban J connectivity index is 2.23. The average Bonchev–Trinajstić information content (AvgIpc) is 2.49. The summed E-state index contributed by atoms with van der Waals surface area (Å²) in [5, 5.41) is 2.97. The van der Waals surface area contributed by atoms with Crippen LogP contribution in [0.3, 0.4) is 0 Å². The molecule has 0 saturated carbocycles. The minimum Gasteiger partial charge on any atom is -0.465 e. The fourth-order valence-electron chi connectivity index (χ4n) is 1.63. The molecule has 0 unspecified atom stereocenters. The van der Waals surface area contributed by atoms with Crippen molar-refractivity contribution in [3.63, 3.8) is 0 Å². The smallest absolute Gasteiger partial charge is 0.337 e. The second-order valence-electron chi connectivity index (χ2n) is 4.01. The normalized spacial score (nSPS) is 10.0. The van der Waals surface area contributed by atoms with Crippen LogP contribution in [0.2, 0.25) is 10.2 Å². The lowest BCUT2D eigenvalue weighted by Gasteiger charge is -2.08. The van der Waals surface area contributed by atoms with Crippen LogP contribution in [0.5, 0.6) is 0 Å². The van der Waals surface area contributed by atoms with Gasteiger partial charge in [-0.25, -0.2) is 9.78 Å². The number of carbonyl (C=O) groups excluding carboxylic acids is 2. The number of amides is 1. The van der Waals surface area contributed by atoms with Gasteiger partial charge in [0, 0.05) is 11.9 Å². The molecular weight excluding hydrogens is 315 g/mol. The van der Waals surface area contributed by atoms with Gasteiger partial charge in [0.2, 0.25) is 0 Å². The summed E-state index contributed by atoms with van der Waals surface area (Å²) < 4.78 is 4.62. The molecule has 0 bridgehead atoms. The van der Waals surface area contributed by atoms with E-state index in [1.807, 2.05) is 0 Å². The Morgan fingerprint density at radius 3 is 2.71 bits per heavy atom. The molecule has 2 aromatic rings. The number of nitrogens with one attached hydrogen (secondary N) is 1. The van der Waals surface area contributed by atoms with Crippen LogP contribution in [0.15, 0.2) is 36.5 Å². The molecule has 2 rings (SSSR count). The zero-order valence-electron chi connectivity index (χ0n) is 10.9. The average molecular weight is 325 g/mol. The van der Waals surface area contributed by atoms with Crippen LogP contribution in [0.1, 0.15) is 20.7 Å². The van der Waals surface area contributed by atoms with Crippen LogP contribution in [0.25, 0.3) is 0 Å². The third kappa shape index (κ3) is 3.71. The molecule has 0 radical (unpaired) electrons. The van der Waals surface area contributed by atoms with Gasteiger partial charge in [-0.15, -0.1) is 0 Å². The first-order valence-corrected chi connectivity index (χ1v) is 6.57. The van der Waals surface area contributed by atoms with E-state index in [9.17, 15) is 9.59 Å². The SMILES string of the molecule is COC(=O)c1cccc(NC(=O)c2cc(Cl)ncc2Cl)c1. The first-order valence-electron chi connectivity index (χ1n) is 5.82. The maximum Gasteiger partial charge on any atom is 0.337 e. The Labute approximate surface area is 130 Å². The zero-order chi connectivity index (χ0) is 15.4. The zero-order valence-corrected chi connectivity index (χ0v) is 12.4. The number of nitrogens with zero attached hydrogens (tertiary/aromatic N) is 1. The number of aromatic nitrogens is 1. The summed E-state index contributed by atoms with van der Waals surface area (Å²) >= 11 is 11.6. The lowest BCUT2D eigenvalue weighted by Crippen LogP contribution is -2.13. The first-order chi connectivity index (χ1) is 10.0. The van der Waals surface area contributed by atoms with Crippen molar-refractivity contribution in [2.45, 2.75) is 0 Å². The highest BCUT2D eigenvalue weighted by Gasteiger charge is 2.13. The Hall–Kier alpha value is -2.11. The van der Waals surface area contributed by atoms with Crippen LogP contribution in [-0.2, 0) is 4.74 Å². The van der Waals surface area contributed by atoms with Crippen LogP contribution in [0.4, 0.5) is 5.69 Å². The molecule has 5 nitrogen and oxygen atoms in total. The number of hydrogen-bond donors (Lipinski definition) is 1. The predicted molar refractivity (Wildman–Crippen MR) is 80.0 cm³/mol. The molecule has 0 fully saturated rings. The highest BCUT2D eigenvalue weighted by molar-refractivity contribution is 6.35. The maximum absolute atomic E-state index is 12.1. The quantitative estimate of drug-likeness (QED) is 0.693. The van der Waals surface area contributed by atoms with Gasteiger partial charge < -0.3 is 10.1 Å². The number of rotatable bonds is 3. The summed E-state index contributed by atoms with van der Waals surface area (Å²) in [5.41, 5.74) is 0.959. The van der Waals surface area contributed by atoms with Crippen molar-refractivity contribution >= 4 is 40.8 Å². The van der Waals surface area contributed by atoms with E-state index >= 15 is 0 Å². The van der Waals surface area contributed by atoms with Crippen molar-refractivity contribution in [3.05, 3.63) is 57.8 Å².